The number of hydrogen-bond acceptors (Lipinski definition) is 5. The quantitative estimate of drug-likeness (QED) is 0.582. The van der Waals surface area contributed by atoms with Crippen molar-refractivity contribution in [3.8, 4) is 17.2 Å². The van der Waals surface area contributed by atoms with E-state index in [1.54, 1.807) is 14.2 Å². The summed E-state index contributed by atoms with van der Waals surface area (Å²) in [6, 6.07) is 14.2. The second kappa shape index (κ2) is 9.61. The van der Waals surface area contributed by atoms with Crippen molar-refractivity contribution < 1.29 is 14.2 Å². The molecule has 30 heavy (non-hydrogen) atoms. The fourth-order valence-corrected chi connectivity index (χ4v) is 3.84. The topological polar surface area (TPSA) is 67.4 Å². The molecule has 2 aromatic carbocycles. The van der Waals surface area contributed by atoms with E-state index in [4.69, 9.17) is 14.2 Å². The molecule has 4 rings (SSSR count). The number of nitrogens with one attached hydrogen (secondary N) is 2. The maximum absolute atomic E-state index is 5.78. The number of rotatable bonds is 5. The van der Waals surface area contributed by atoms with E-state index in [0.717, 1.165) is 61.4 Å². The summed E-state index contributed by atoms with van der Waals surface area (Å²) in [5, 5.41) is 6.82. The van der Waals surface area contributed by atoms with Crippen molar-refractivity contribution in [2.75, 3.05) is 57.2 Å². The number of ether oxygens (including phenoxy) is 3. The van der Waals surface area contributed by atoms with E-state index in [1.165, 1.54) is 5.69 Å². The Morgan fingerprint density at radius 2 is 2.03 bits per heavy atom. The number of methoxy groups -OCH3 is 1. The maximum atomic E-state index is 5.78. The Kier molecular flexibility index (Phi) is 6.47. The van der Waals surface area contributed by atoms with E-state index < -0.39 is 0 Å². The summed E-state index contributed by atoms with van der Waals surface area (Å²) in [5.41, 5.74) is 2.14. The zero-order chi connectivity index (χ0) is 20.8. The lowest BCUT2D eigenvalue weighted by molar-refractivity contribution is 0.297. The summed E-state index contributed by atoms with van der Waals surface area (Å²) >= 11 is 0. The molecule has 1 saturated heterocycles. The number of guanidine groups is 1. The first-order chi connectivity index (χ1) is 14.7. The monoisotopic (exact) mass is 410 g/mol. The minimum Gasteiger partial charge on any atom is -0.497 e. The molecule has 0 spiro atoms. The zero-order valence-electron chi connectivity index (χ0n) is 17.7. The highest BCUT2D eigenvalue weighted by Crippen LogP contribution is 2.32. The van der Waals surface area contributed by atoms with Crippen molar-refractivity contribution in [2.24, 2.45) is 10.9 Å². The van der Waals surface area contributed by atoms with Gasteiger partial charge in [0, 0.05) is 56.6 Å². The van der Waals surface area contributed by atoms with Crippen LogP contribution >= 0.6 is 0 Å². The molecule has 7 heteroatoms. The number of aliphatic imine (C=N–C) groups is 1. The van der Waals surface area contributed by atoms with E-state index >= 15 is 0 Å². The van der Waals surface area contributed by atoms with Crippen LogP contribution in [-0.2, 0) is 0 Å². The molecule has 0 radical (unpaired) electrons. The van der Waals surface area contributed by atoms with Crippen LogP contribution in [0.1, 0.15) is 12.8 Å². The Balaban J connectivity index is 1.30. The summed E-state index contributed by atoms with van der Waals surface area (Å²) in [6.45, 7) is 4.30. The van der Waals surface area contributed by atoms with Crippen LogP contribution in [0.2, 0.25) is 0 Å². The van der Waals surface area contributed by atoms with Crippen LogP contribution in [0.3, 0.4) is 0 Å². The average Bonchev–Trinajstić information content (AvgIpc) is 3.14. The first-order valence-corrected chi connectivity index (χ1v) is 10.5. The fourth-order valence-electron chi connectivity index (χ4n) is 3.84. The third kappa shape index (κ3) is 4.90. The Hall–Kier alpha value is -3.09. The second-order valence-corrected chi connectivity index (χ2v) is 7.59. The van der Waals surface area contributed by atoms with Crippen LogP contribution in [0.5, 0.6) is 17.2 Å². The summed E-state index contributed by atoms with van der Waals surface area (Å²) < 4.78 is 16.8. The summed E-state index contributed by atoms with van der Waals surface area (Å²) in [7, 11) is 3.49. The smallest absolute Gasteiger partial charge is 0.195 e. The van der Waals surface area contributed by atoms with E-state index in [0.29, 0.717) is 19.1 Å². The predicted molar refractivity (Wildman–Crippen MR) is 120 cm³/mol. The Bertz CT molecular complexity index is 887. The summed E-state index contributed by atoms with van der Waals surface area (Å²) in [4.78, 5) is 6.78. The molecule has 1 fully saturated rings. The normalized spacial score (nSPS) is 18.7. The molecule has 7 nitrogen and oxygen atoms in total. The van der Waals surface area contributed by atoms with Crippen LogP contribution in [0.4, 0.5) is 11.4 Å². The SMILES string of the molecule is CN=C(NCC1CCN(c2cccc(OC)c2)C1)Nc1ccc2c(c1)OCCCO2. The van der Waals surface area contributed by atoms with Crippen molar-refractivity contribution in [1.82, 2.24) is 5.32 Å². The third-order valence-electron chi connectivity index (χ3n) is 5.50. The van der Waals surface area contributed by atoms with Crippen molar-refractivity contribution in [3.63, 3.8) is 0 Å². The summed E-state index contributed by atoms with van der Waals surface area (Å²) in [6.07, 6.45) is 2.04. The van der Waals surface area contributed by atoms with Gasteiger partial charge in [0.05, 0.1) is 20.3 Å². The third-order valence-corrected chi connectivity index (χ3v) is 5.50. The highest BCUT2D eigenvalue weighted by atomic mass is 16.5. The molecule has 0 amide bonds. The van der Waals surface area contributed by atoms with Gasteiger partial charge >= 0.3 is 0 Å². The number of nitrogens with zero attached hydrogens (tertiary/aromatic N) is 2. The Morgan fingerprint density at radius 1 is 1.17 bits per heavy atom. The largest absolute Gasteiger partial charge is 0.497 e. The van der Waals surface area contributed by atoms with E-state index in [1.807, 2.05) is 30.3 Å². The van der Waals surface area contributed by atoms with Crippen LogP contribution in [-0.4, -0.2) is 53.0 Å². The van der Waals surface area contributed by atoms with Crippen LogP contribution < -0.4 is 29.7 Å². The molecular weight excluding hydrogens is 380 g/mol. The fraction of sp³-hybridized carbons (Fsp3) is 0.435. The highest BCUT2D eigenvalue weighted by Gasteiger charge is 2.23. The molecule has 0 aliphatic carbocycles. The molecule has 2 heterocycles. The molecule has 2 aromatic rings. The minimum absolute atomic E-state index is 0.554. The van der Waals surface area contributed by atoms with Gasteiger partial charge < -0.3 is 29.7 Å². The molecular formula is C23H30N4O3. The van der Waals surface area contributed by atoms with Gasteiger partial charge in [0.25, 0.3) is 0 Å². The molecule has 1 unspecified atom stereocenters. The van der Waals surface area contributed by atoms with Gasteiger partial charge in [-0.1, -0.05) is 6.07 Å². The lowest BCUT2D eigenvalue weighted by Gasteiger charge is -2.20. The Morgan fingerprint density at radius 3 is 2.87 bits per heavy atom. The van der Waals surface area contributed by atoms with Gasteiger partial charge in [-0.3, -0.25) is 4.99 Å². The molecule has 0 saturated carbocycles. The van der Waals surface area contributed by atoms with Gasteiger partial charge in [0.2, 0.25) is 0 Å². The highest BCUT2D eigenvalue weighted by molar-refractivity contribution is 5.93. The average molecular weight is 411 g/mol. The van der Waals surface area contributed by atoms with Crippen molar-refractivity contribution in [3.05, 3.63) is 42.5 Å². The van der Waals surface area contributed by atoms with Gasteiger partial charge in [-0.2, -0.15) is 0 Å². The van der Waals surface area contributed by atoms with Crippen molar-refractivity contribution in [2.45, 2.75) is 12.8 Å². The lowest BCUT2D eigenvalue weighted by Crippen LogP contribution is -2.35. The van der Waals surface area contributed by atoms with Gasteiger partial charge in [0.1, 0.15) is 5.75 Å². The number of benzene rings is 2. The van der Waals surface area contributed by atoms with E-state index in [2.05, 4.69) is 32.7 Å². The molecule has 160 valence electrons. The molecule has 1 atom stereocenters. The molecule has 0 bridgehead atoms. The maximum Gasteiger partial charge on any atom is 0.195 e. The zero-order valence-corrected chi connectivity index (χ0v) is 17.7. The van der Waals surface area contributed by atoms with Gasteiger partial charge in [-0.25, -0.2) is 0 Å². The Labute approximate surface area is 178 Å². The molecule has 0 aromatic heterocycles. The number of anilines is 2. The van der Waals surface area contributed by atoms with Crippen LogP contribution in [0.15, 0.2) is 47.5 Å². The first-order valence-electron chi connectivity index (χ1n) is 10.5. The standard InChI is InChI=1S/C23H30N4O3/c1-24-23(26-18-7-8-21-22(13-18)30-12-4-11-29-21)25-15-17-9-10-27(16-17)19-5-3-6-20(14-19)28-2/h3,5-8,13-14,17H,4,9-12,15-16H2,1-2H3,(H2,24,25,26). The van der Waals surface area contributed by atoms with Crippen molar-refractivity contribution in [1.29, 1.82) is 0 Å². The van der Waals surface area contributed by atoms with Crippen molar-refractivity contribution >= 4 is 17.3 Å². The van der Waals surface area contributed by atoms with Crippen LogP contribution in [0, 0.1) is 5.92 Å². The van der Waals surface area contributed by atoms with Gasteiger partial charge in [0.15, 0.2) is 17.5 Å². The predicted octanol–water partition coefficient (Wildman–Crippen LogP) is 3.37. The number of fused-ring (bicyclic) bond motifs is 1. The molecule has 2 aliphatic rings. The minimum atomic E-state index is 0.554. The molecule has 2 N–H and O–H groups in total. The summed E-state index contributed by atoms with van der Waals surface area (Å²) in [5.74, 6) is 3.78. The van der Waals surface area contributed by atoms with E-state index in [-0.39, 0.29) is 0 Å². The van der Waals surface area contributed by atoms with Gasteiger partial charge in [-0.05, 0) is 36.6 Å². The first kappa shape index (κ1) is 20.2. The van der Waals surface area contributed by atoms with E-state index in [9.17, 15) is 0 Å². The van der Waals surface area contributed by atoms with Gasteiger partial charge in [-0.15, -0.1) is 0 Å². The molecule has 2 aliphatic heterocycles. The number of hydrogen-bond donors (Lipinski definition) is 2. The lowest BCUT2D eigenvalue weighted by atomic mass is 10.1. The second-order valence-electron chi connectivity index (χ2n) is 7.59. The van der Waals surface area contributed by atoms with Crippen LogP contribution in [0.25, 0.3) is 0 Å².